The molecule has 0 N–H and O–H groups in total. The first-order valence-corrected chi connectivity index (χ1v) is 2.76. The van der Waals surface area contributed by atoms with Gasteiger partial charge in [0.1, 0.15) is 0 Å². The maximum absolute atomic E-state index is 4.97. The van der Waals surface area contributed by atoms with Crippen LogP contribution in [0.5, 0.6) is 0 Å². The molecule has 0 aromatic heterocycles. The zero-order valence-corrected chi connectivity index (χ0v) is 5.40. The first-order chi connectivity index (χ1) is 3.31. The molecule has 0 aliphatic rings. The number of rotatable bonds is 1. The predicted molar refractivity (Wildman–Crippen MR) is 35.0 cm³/mol. The first-order valence-electron chi connectivity index (χ1n) is 1.85. The van der Waals surface area contributed by atoms with Crippen LogP contribution in [-0.2, 0) is 0 Å². The molecule has 36 valence electrons. The van der Waals surface area contributed by atoms with Crippen molar-refractivity contribution in [3.8, 4) is 24.7 Å². The van der Waals surface area contributed by atoms with E-state index in [0.29, 0.717) is 6.42 Å². The zero-order chi connectivity index (χ0) is 5.70. The predicted octanol–water partition coefficient (Wildman–Crippen LogP) is 1.41. The van der Waals surface area contributed by atoms with Crippen LogP contribution in [0.3, 0.4) is 0 Å². The van der Waals surface area contributed by atoms with Gasteiger partial charge in [-0.05, 0) is 0 Å². The lowest BCUT2D eigenvalue weighted by Gasteiger charge is -1.88. The Balaban J connectivity index is 3.27. The molecular formula is C6H5Br. The molecule has 0 aliphatic carbocycles. The van der Waals surface area contributed by atoms with Gasteiger partial charge in [-0.1, -0.05) is 21.9 Å². The molecule has 0 fully saturated rings. The van der Waals surface area contributed by atoms with Gasteiger partial charge in [0.2, 0.25) is 0 Å². The quantitative estimate of drug-likeness (QED) is 0.398. The van der Waals surface area contributed by atoms with Crippen molar-refractivity contribution >= 4 is 15.9 Å². The van der Waals surface area contributed by atoms with Gasteiger partial charge in [0.05, 0.1) is 4.83 Å². The van der Waals surface area contributed by atoms with Crippen molar-refractivity contribution in [1.29, 1.82) is 0 Å². The van der Waals surface area contributed by atoms with E-state index in [9.17, 15) is 0 Å². The Kier molecular flexibility index (Phi) is 3.56. The second kappa shape index (κ2) is 3.78. The van der Waals surface area contributed by atoms with Gasteiger partial charge in [0.25, 0.3) is 0 Å². The van der Waals surface area contributed by atoms with Crippen LogP contribution in [0.1, 0.15) is 6.42 Å². The molecule has 7 heavy (non-hydrogen) atoms. The zero-order valence-electron chi connectivity index (χ0n) is 3.82. The molecule has 1 unspecified atom stereocenters. The van der Waals surface area contributed by atoms with Crippen LogP contribution in [0.4, 0.5) is 0 Å². The fourth-order valence-corrected chi connectivity index (χ4v) is 0.349. The Labute approximate surface area is 52.4 Å². The highest BCUT2D eigenvalue weighted by Gasteiger charge is 1.90. The molecule has 0 bridgehead atoms. The molecule has 0 saturated carbocycles. The van der Waals surface area contributed by atoms with Crippen molar-refractivity contribution in [3.63, 3.8) is 0 Å². The maximum Gasteiger partial charge on any atom is 0.0860 e. The van der Waals surface area contributed by atoms with Crippen LogP contribution in [0, 0.1) is 24.7 Å². The largest absolute Gasteiger partial charge is 0.120 e. The van der Waals surface area contributed by atoms with E-state index in [2.05, 4.69) is 27.8 Å². The van der Waals surface area contributed by atoms with Gasteiger partial charge in [-0.15, -0.1) is 18.8 Å². The lowest BCUT2D eigenvalue weighted by molar-refractivity contribution is 1.17. The van der Waals surface area contributed by atoms with Gasteiger partial charge < -0.3 is 0 Å². The summed E-state index contributed by atoms with van der Waals surface area (Å²) in [6, 6.07) is 0. The fraction of sp³-hybridized carbons (Fsp3) is 0.333. The SMILES string of the molecule is C#CCC(Br)C#C. The van der Waals surface area contributed by atoms with Gasteiger partial charge >= 0.3 is 0 Å². The molecule has 0 amide bonds. The Morgan fingerprint density at radius 1 is 1.57 bits per heavy atom. The van der Waals surface area contributed by atoms with E-state index in [1.54, 1.807) is 0 Å². The van der Waals surface area contributed by atoms with E-state index in [4.69, 9.17) is 12.8 Å². The number of alkyl halides is 1. The van der Waals surface area contributed by atoms with Crippen molar-refractivity contribution in [2.75, 3.05) is 0 Å². The second-order valence-corrected chi connectivity index (χ2v) is 2.15. The van der Waals surface area contributed by atoms with Crippen molar-refractivity contribution < 1.29 is 0 Å². The molecule has 0 aromatic rings. The van der Waals surface area contributed by atoms with Crippen LogP contribution in [0.2, 0.25) is 0 Å². The molecule has 0 rings (SSSR count). The van der Waals surface area contributed by atoms with E-state index in [1.165, 1.54) is 0 Å². The van der Waals surface area contributed by atoms with Gasteiger partial charge in [0, 0.05) is 6.42 Å². The van der Waals surface area contributed by atoms with E-state index in [-0.39, 0.29) is 4.83 Å². The topological polar surface area (TPSA) is 0 Å². The molecule has 1 heteroatoms. The smallest absolute Gasteiger partial charge is 0.0860 e. The average molecular weight is 157 g/mol. The Hall–Kier alpha value is -0.400. The second-order valence-electron chi connectivity index (χ2n) is 1.04. The summed E-state index contributed by atoms with van der Waals surface area (Å²) >= 11 is 3.16. The highest BCUT2D eigenvalue weighted by molar-refractivity contribution is 9.09. The Bertz CT molecular complexity index is 113. The summed E-state index contributed by atoms with van der Waals surface area (Å²) in [6.45, 7) is 0. The van der Waals surface area contributed by atoms with E-state index < -0.39 is 0 Å². The van der Waals surface area contributed by atoms with Crippen molar-refractivity contribution in [2.24, 2.45) is 0 Å². The lowest BCUT2D eigenvalue weighted by atomic mass is 10.3. The number of halogens is 1. The van der Waals surface area contributed by atoms with Crippen molar-refractivity contribution in [1.82, 2.24) is 0 Å². The summed E-state index contributed by atoms with van der Waals surface area (Å²) < 4.78 is 0. The van der Waals surface area contributed by atoms with Gasteiger partial charge in [-0.3, -0.25) is 0 Å². The highest BCUT2D eigenvalue weighted by Crippen LogP contribution is 1.99. The Morgan fingerprint density at radius 2 is 2.14 bits per heavy atom. The summed E-state index contributed by atoms with van der Waals surface area (Å²) in [7, 11) is 0. The van der Waals surface area contributed by atoms with E-state index in [0.717, 1.165) is 0 Å². The van der Waals surface area contributed by atoms with Crippen LogP contribution < -0.4 is 0 Å². The number of hydrogen-bond donors (Lipinski definition) is 0. The van der Waals surface area contributed by atoms with Crippen LogP contribution in [-0.4, -0.2) is 4.83 Å². The van der Waals surface area contributed by atoms with Crippen molar-refractivity contribution in [2.45, 2.75) is 11.2 Å². The minimum atomic E-state index is 0.0532. The average Bonchev–Trinajstić information content (AvgIpc) is 1.68. The lowest BCUT2D eigenvalue weighted by Crippen LogP contribution is -1.87. The molecular weight excluding hydrogens is 152 g/mol. The summed E-state index contributed by atoms with van der Waals surface area (Å²) in [5.74, 6) is 4.87. The van der Waals surface area contributed by atoms with Crippen molar-refractivity contribution in [3.05, 3.63) is 0 Å². The number of terminal acetylenes is 2. The van der Waals surface area contributed by atoms with E-state index in [1.807, 2.05) is 0 Å². The third-order valence-electron chi connectivity index (χ3n) is 0.478. The molecule has 0 heterocycles. The third-order valence-corrected chi connectivity index (χ3v) is 1.07. The van der Waals surface area contributed by atoms with Gasteiger partial charge in [0.15, 0.2) is 0 Å². The molecule has 0 spiro atoms. The van der Waals surface area contributed by atoms with Crippen LogP contribution >= 0.6 is 15.9 Å². The Morgan fingerprint density at radius 3 is 2.29 bits per heavy atom. The first kappa shape index (κ1) is 6.60. The third kappa shape index (κ3) is 3.43. The highest BCUT2D eigenvalue weighted by atomic mass is 79.9. The monoisotopic (exact) mass is 156 g/mol. The summed E-state index contributed by atoms with van der Waals surface area (Å²) in [6.07, 6.45) is 10.5. The summed E-state index contributed by atoms with van der Waals surface area (Å²) in [5.41, 5.74) is 0. The minimum Gasteiger partial charge on any atom is -0.120 e. The van der Waals surface area contributed by atoms with Gasteiger partial charge in [-0.25, -0.2) is 0 Å². The number of hydrogen-bond acceptors (Lipinski definition) is 0. The molecule has 0 aromatic carbocycles. The summed E-state index contributed by atoms with van der Waals surface area (Å²) in [5, 5.41) is 0. The summed E-state index contributed by atoms with van der Waals surface area (Å²) in [4.78, 5) is 0.0532. The van der Waals surface area contributed by atoms with Crippen LogP contribution in [0.25, 0.3) is 0 Å². The molecule has 1 atom stereocenters. The normalized spacial score (nSPS) is 11.3. The fourth-order valence-electron chi connectivity index (χ4n) is 0.162. The van der Waals surface area contributed by atoms with Crippen LogP contribution in [0.15, 0.2) is 0 Å². The van der Waals surface area contributed by atoms with Gasteiger partial charge in [-0.2, -0.15) is 0 Å². The molecule has 0 radical (unpaired) electrons. The molecule has 0 saturated heterocycles. The molecule has 0 nitrogen and oxygen atoms in total. The standard InChI is InChI=1S/C6H5Br/c1-3-5-6(7)4-2/h1-2,6H,5H2. The minimum absolute atomic E-state index is 0.0532. The molecule has 0 aliphatic heterocycles. The van der Waals surface area contributed by atoms with E-state index >= 15 is 0 Å². The maximum atomic E-state index is 4.97.